The lowest BCUT2D eigenvalue weighted by molar-refractivity contribution is -0.132. The van der Waals surface area contributed by atoms with E-state index in [1.54, 1.807) is 6.92 Å². The van der Waals surface area contributed by atoms with Crippen LogP contribution < -0.4 is 11.1 Å². The highest BCUT2D eigenvalue weighted by Gasteiger charge is 2.24. The summed E-state index contributed by atoms with van der Waals surface area (Å²) in [5.41, 5.74) is 6.74. The van der Waals surface area contributed by atoms with Crippen LogP contribution in [-0.4, -0.2) is 41.9 Å². The minimum absolute atomic E-state index is 0. The van der Waals surface area contributed by atoms with Crippen LogP contribution in [0.15, 0.2) is 30.3 Å². The van der Waals surface area contributed by atoms with Gasteiger partial charge in [-0.15, -0.1) is 12.4 Å². The van der Waals surface area contributed by atoms with E-state index in [1.165, 1.54) is 5.56 Å². The number of amides is 2. The second kappa shape index (κ2) is 9.53. The van der Waals surface area contributed by atoms with Gasteiger partial charge in [0.25, 0.3) is 0 Å². The largest absolute Gasteiger partial charge is 0.352 e. The van der Waals surface area contributed by atoms with Gasteiger partial charge in [0.05, 0.1) is 6.04 Å². The molecule has 1 aromatic carbocycles. The van der Waals surface area contributed by atoms with Gasteiger partial charge in [-0.1, -0.05) is 30.3 Å². The fraction of sp³-hybridized carbons (Fsp3) is 0.529. The number of nitrogens with two attached hydrogens (primary N) is 1. The summed E-state index contributed by atoms with van der Waals surface area (Å²) in [6.07, 6.45) is 2.92. The van der Waals surface area contributed by atoms with Gasteiger partial charge >= 0.3 is 0 Å². The number of piperidine rings is 1. The normalized spacial score (nSPS) is 16.3. The molecule has 1 aliphatic heterocycles. The van der Waals surface area contributed by atoms with Crippen LogP contribution in [0.25, 0.3) is 0 Å². The van der Waals surface area contributed by atoms with Gasteiger partial charge in [0.1, 0.15) is 0 Å². The molecular formula is C17H26ClN3O2. The number of carbonyl (C=O) groups is 2. The van der Waals surface area contributed by atoms with Crippen LogP contribution in [0, 0.1) is 0 Å². The summed E-state index contributed by atoms with van der Waals surface area (Å²) in [6, 6.07) is 9.71. The van der Waals surface area contributed by atoms with Crippen molar-refractivity contribution in [2.75, 3.05) is 13.1 Å². The summed E-state index contributed by atoms with van der Waals surface area (Å²) >= 11 is 0. The molecular weight excluding hydrogens is 314 g/mol. The van der Waals surface area contributed by atoms with Crippen LogP contribution in [-0.2, 0) is 16.0 Å². The molecule has 23 heavy (non-hydrogen) atoms. The van der Waals surface area contributed by atoms with Crippen molar-refractivity contribution in [3.63, 3.8) is 0 Å². The second-order valence-electron chi connectivity index (χ2n) is 5.94. The van der Waals surface area contributed by atoms with Gasteiger partial charge < -0.3 is 16.0 Å². The van der Waals surface area contributed by atoms with E-state index in [-0.39, 0.29) is 30.3 Å². The molecule has 0 radical (unpaired) electrons. The van der Waals surface area contributed by atoms with Gasteiger partial charge in [0.15, 0.2) is 0 Å². The number of likely N-dealkylation sites (tertiary alicyclic amines) is 1. The van der Waals surface area contributed by atoms with E-state index < -0.39 is 6.04 Å². The lowest BCUT2D eigenvalue weighted by Crippen LogP contribution is -2.49. The minimum Gasteiger partial charge on any atom is -0.352 e. The second-order valence-corrected chi connectivity index (χ2v) is 5.94. The molecule has 6 heteroatoms. The van der Waals surface area contributed by atoms with Gasteiger partial charge in [-0.05, 0) is 31.7 Å². The van der Waals surface area contributed by atoms with E-state index in [2.05, 4.69) is 5.32 Å². The highest BCUT2D eigenvalue weighted by molar-refractivity contribution is 5.85. The number of hydrogen-bond acceptors (Lipinski definition) is 3. The molecule has 0 spiro atoms. The SMILES string of the molecule is C[C@@H](N)C(=O)NC1CCN(C(=O)CCc2ccccc2)CC1.Cl. The first-order valence-corrected chi connectivity index (χ1v) is 7.94. The molecule has 1 aliphatic rings. The Bertz CT molecular complexity index is 500. The molecule has 1 atom stereocenters. The maximum atomic E-state index is 12.2. The molecule has 128 valence electrons. The maximum absolute atomic E-state index is 12.2. The molecule has 1 saturated heterocycles. The highest BCUT2D eigenvalue weighted by Crippen LogP contribution is 2.13. The van der Waals surface area contributed by atoms with E-state index in [0.29, 0.717) is 19.5 Å². The van der Waals surface area contributed by atoms with Crippen molar-refractivity contribution in [3.05, 3.63) is 35.9 Å². The molecule has 0 aromatic heterocycles. The van der Waals surface area contributed by atoms with E-state index in [1.807, 2.05) is 35.2 Å². The first-order chi connectivity index (χ1) is 10.6. The van der Waals surface area contributed by atoms with Crippen molar-refractivity contribution >= 4 is 24.2 Å². The maximum Gasteiger partial charge on any atom is 0.236 e. The Hall–Kier alpha value is -1.59. The summed E-state index contributed by atoms with van der Waals surface area (Å²) in [5.74, 6) is 0.0784. The van der Waals surface area contributed by atoms with E-state index in [0.717, 1.165) is 19.3 Å². The van der Waals surface area contributed by atoms with Crippen molar-refractivity contribution in [2.45, 2.75) is 44.7 Å². The Balaban J connectivity index is 0.00000264. The van der Waals surface area contributed by atoms with Gasteiger partial charge in [0.2, 0.25) is 11.8 Å². The molecule has 2 rings (SSSR count). The van der Waals surface area contributed by atoms with Crippen molar-refractivity contribution in [1.82, 2.24) is 10.2 Å². The number of halogens is 1. The number of rotatable bonds is 5. The van der Waals surface area contributed by atoms with Crippen LogP contribution in [0.4, 0.5) is 0 Å². The Labute approximate surface area is 144 Å². The molecule has 0 saturated carbocycles. The smallest absolute Gasteiger partial charge is 0.236 e. The lowest BCUT2D eigenvalue weighted by Gasteiger charge is -2.32. The average molecular weight is 340 g/mol. The Morgan fingerprint density at radius 1 is 1.26 bits per heavy atom. The summed E-state index contributed by atoms with van der Waals surface area (Å²) in [6.45, 7) is 3.09. The molecule has 3 N–H and O–H groups in total. The van der Waals surface area contributed by atoms with E-state index >= 15 is 0 Å². The van der Waals surface area contributed by atoms with Crippen molar-refractivity contribution in [2.24, 2.45) is 5.73 Å². The zero-order chi connectivity index (χ0) is 15.9. The van der Waals surface area contributed by atoms with Gasteiger partial charge in [-0.2, -0.15) is 0 Å². The molecule has 1 aromatic rings. The van der Waals surface area contributed by atoms with Crippen molar-refractivity contribution < 1.29 is 9.59 Å². The molecule has 0 bridgehead atoms. The number of aryl methyl sites for hydroxylation is 1. The predicted octanol–water partition coefficient (Wildman–Crippen LogP) is 1.50. The Morgan fingerprint density at radius 3 is 2.43 bits per heavy atom. The third-order valence-corrected chi connectivity index (χ3v) is 4.08. The lowest BCUT2D eigenvalue weighted by atomic mass is 10.0. The highest BCUT2D eigenvalue weighted by atomic mass is 35.5. The van der Waals surface area contributed by atoms with Gasteiger partial charge in [-0.3, -0.25) is 9.59 Å². The zero-order valence-corrected chi connectivity index (χ0v) is 14.3. The van der Waals surface area contributed by atoms with Crippen LogP contribution in [0.2, 0.25) is 0 Å². The Kier molecular flexibility index (Phi) is 8.06. The quantitative estimate of drug-likeness (QED) is 0.853. The molecule has 2 amide bonds. The number of nitrogens with zero attached hydrogens (tertiary/aromatic N) is 1. The third kappa shape index (κ3) is 6.20. The fourth-order valence-corrected chi connectivity index (χ4v) is 2.66. The van der Waals surface area contributed by atoms with Crippen LogP contribution in [0.1, 0.15) is 31.7 Å². The van der Waals surface area contributed by atoms with Crippen molar-refractivity contribution in [3.8, 4) is 0 Å². The number of nitrogens with one attached hydrogen (secondary N) is 1. The fourth-order valence-electron chi connectivity index (χ4n) is 2.66. The summed E-state index contributed by atoms with van der Waals surface area (Å²) in [4.78, 5) is 25.7. The minimum atomic E-state index is -0.481. The van der Waals surface area contributed by atoms with Crippen LogP contribution in [0.5, 0.6) is 0 Å². The standard InChI is InChI=1S/C17H25N3O2.ClH/c1-13(18)17(22)19-15-9-11-20(12-10-15)16(21)8-7-14-5-3-2-4-6-14;/h2-6,13,15H,7-12,18H2,1H3,(H,19,22);1H/t13-;/m1./s1. The average Bonchev–Trinajstić information content (AvgIpc) is 2.54. The van der Waals surface area contributed by atoms with Crippen molar-refractivity contribution in [1.29, 1.82) is 0 Å². The van der Waals surface area contributed by atoms with Gasteiger partial charge in [-0.25, -0.2) is 0 Å². The summed E-state index contributed by atoms with van der Waals surface area (Å²) < 4.78 is 0. The zero-order valence-electron chi connectivity index (χ0n) is 13.5. The van der Waals surface area contributed by atoms with E-state index in [9.17, 15) is 9.59 Å². The molecule has 0 unspecified atom stereocenters. The molecule has 0 aliphatic carbocycles. The number of carbonyl (C=O) groups excluding carboxylic acids is 2. The Morgan fingerprint density at radius 2 is 1.87 bits per heavy atom. The summed E-state index contributed by atoms with van der Waals surface area (Å²) in [5, 5.41) is 2.93. The van der Waals surface area contributed by atoms with Gasteiger partial charge in [0, 0.05) is 25.6 Å². The monoisotopic (exact) mass is 339 g/mol. The molecule has 1 heterocycles. The molecule has 5 nitrogen and oxygen atoms in total. The topological polar surface area (TPSA) is 75.4 Å². The van der Waals surface area contributed by atoms with Crippen LogP contribution in [0.3, 0.4) is 0 Å². The predicted molar refractivity (Wildman–Crippen MR) is 93.4 cm³/mol. The third-order valence-electron chi connectivity index (χ3n) is 4.08. The number of benzene rings is 1. The summed E-state index contributed by atoms with van der Waals surface area (Å²) in [7, 11) is 0. The number of hydrogen-bond donors (Lipinski definition) is 2. The first-order valence-electron chi connectivity index (χ1n) is 7.94. The first kappa shape index (κ1) is 19.5. The van der Waals surface area contributed by atoms with Crippen LogP contribution >= 0.6 is 12.4 Å². The molecule has 1 fully saturated rings. The van der Waals surface area contributed by atoms with E-state index in [4.69, 9.17) is 5.73 Å².